The van der Waals surface area contributed by atoms with Crippen LogP contribution in [0.25, 0.3) is 0 Å². The molecule has 220 valence electrons. The van der Waals surface area contributed by atoms with Gasteiger partial charge >= 0.3 is 24.2 Å². The molecule has 0 spiro atoms. The largest absolute Gasteiger partial charge is 0.513 e. The maximum absolute atomic E-state index is 12.5. The van der Waals surface area contributed by atoms with Crippen LogP contribution in [0.15, 0.2) is 18.2 Å². The van der Waals surface area contributed by atoms with Crippen molar-refractivity contribution in [1.82, 2.24) is 0 Å². The molecule has 0 amide bonds. The first-order chi connectivity index (χ1) is 18.4. The van der Waals surface area contributed by atoms with E-state index < -0.39 is 47.5 Å². The van der Waals surface area contributed by atoms with E-state index in [1.54, 1.807) is 20.8 Å². The number of carbonyl (C=O) groups is 4. The summed E-state index contributed by atoms with van der Waals surface area (Å²) in [5.41, 5.74) is 5.72. The van der Waals surface area contributed by atoms with Crippen LogP contribution >= 0.6 is 0 Å². The molecule has 0 aliphatic heterocycles. The van der Waals surface area contributed by atoms with Gasteiger partial charge < -0.3 is 34.5 Å². The van der Waals surface area contributed by atoms with Crippen molar-refractivity contribution in [3.05, 3.63) is 23.8 Å². The lowest BCUT2D eigenvalue weighted by atomic mass is 9.81. The van der Waals surface area contributed by atoms with E-state index in [0.29, 0.717) is 24.8 Å². The lowest BCUT2D eigenvalue weighted by molar-refractivity contribution is -0.155. The maximum Gasteiger partial charge on any atom is 0.513 e. The molecule has 39 heavy (non-hydrogen) atoms. The summed E-state index contributed by atoms with van der Waals surface area (Å²) in [6.45, 7) is 11.2. The lowest BCUT2D eigenvalue weighted by Gasteiger charge is -2.29. The highest BCUT2D eigenvalue weighted by Gasteiger charge is 2.34. The van der Waals surface area contributed by atoms with Crippen LogP contribution in [0.5, 0.6) is 11.5 Å². The van der Waals surface area contributed by atoms with Crippen molar-refractivity contribution < 1.29 is 48.0 Å². The second-order valence-corrected chi connectivity index (χ2v) is 10.0. The summed E-state index contributed by atoms with van der Waals surface area (Å²) in [7, 11) is 0. The molecule has 0 aliphatic carbocycles. The Labute approximate surface area is 230 Å². The van der Waals surface area contributed by atoms with E-state index >= 15 is 0 Å². The Morgan fingerprint density at radius 3 is 1.92 bits per heavy atom. The Morgan fingerprint density at radius 1 is 0.897 bits per heavy atom. The minimum Gasteiger partial charge on any atom is -0.480 e. The van der Waals surface area contributed by atoms with Gasteiger partial charge in [0.15, 0.2) is 11.5 Å². The minimum atomic E-state index is -1.38. The molecule has 0 aliphatic rings. The van der Waals surface area contributed by atoms with Crippen LogP contribution in [0, 0.1) is 11.3 Å². The molecular formula is C28H43NO10. The van der Waals surface area contributed by atoms with Crippen LogP contribution in [-0.2, 0) is 23.8 Å². The van der Waals surface area contributed by atoms with Gasteiger partial charge in [-0.15, -0.1) is 0 Å². The number of carboxylic acid groups (broad SMARTS) is 1. The van der Waals surface area contributed by atoms with Gasteiger partial charge in [-0.3, -0.25) is 9.59 Å². The minimum absolute atomic E-state index is 0.0921. The van der Waals surface area contributed by atoms with Gasteiger partial charge in [-0.2, -0.15) is 0 Å². The van der Waals surface area contributed by atoms with E-state index in [9.17, 15) is 24.3 Å². The zero-order chi connectivity index (χ0) is 29.6. The summed E-state index contributed by atoms with van der Waals surface area (Å²) in [6.07, 6.45) is 1.44. The van der Waals surface area contributed by atoms with Crippen molar-refractivity contribution in [2.24, 2.45) is 17.1 Å². The van der Waals surface area contributed by atoms with Gasteiger partial charge in [-0.05, 0) is 56.7 Å². The van der Waals surface area contributed by atoms with E-state index in [2.05, 4.69) is 0 Å². The molecule has 1 rings (SSSR count). The monoisotopic (exact) mass is 553 g/mol. The summed E-state index contributed by atoms with van der Waals surface area (Å²) in [6, 6.07) is 2.84. The molecule has 0 saturated carbocycles. The van der Waals surface area contributed by atoms with Crippen molar-refractivity contribution in [3.63, 3.8) is 0 Å². The number of rotatable bonds is 16. The Kier molecular flexibility index (Phi) is 14.3. The van der Waals surface area contributed by atoms with Gasteiger partial charge in [0.1, 0.15) is 6.04 Å². The van der Waals surface area contributed by atoms with Gasteiger partial charge in [0, 0.05) is 5.92 Å². The van der Waals surface area contributed by atoms with Crippen LogP contribution in [0.2, 0.25) is 0 Å². The Hall–Kier alpha value is -3.34. The van der Waals surface area contributed by atoms with E-state index in [-0.39, 0.29) is 31.3 Å². The van der Waals surface area contributed by atoms with Gasteiger partial charge in [0.2, 0.25) is 0 Å². The fourth-order valence-electron chi connectivity index (χ4n) is 3.43. The van der Waals surface area contributed by atoms with Crippen LogP contribution in [0.4, 0.5) is 9.59 Å². The molecule has 0 radical (unpaired) electrons. The maximum atomic E-state index is 12.5. The molecule has 2 unspecified atom stereocenters. The van der Waals surface area contributed by atoms with E-state index in [1.807, 2.05) is 20.8 Å². The molecule has 1 aromatic rings. The number of hydrogen-bond acceptors (Lipinski definition) is 10. The third-order valence-electron chi connectivity index (χ3n) is 6.37. The number of benzene rings is 1. The third kappa shape index (κ3) is 11.1. The van der Waals surface area contributed by atoms with Crippen molar-refractivity contribution in [3.8, 4) is 11.5 Å². The number of nitrogens with two attached hydrogens (primary N) is 1. The summed E-state index contributed by atoms with van der Waals surface area (Å²) < 4.78 is 26.1. The number of carboxylic acids is 1. The number of aliphatic carboxylic acids is 1. The normalized spacial score (nSPS) is 13.5. The van der Waals surface area contributed by atoms with Gasteiger partial charge in [0.05, 0.1) is 25.2 Å². The van der Waals surface area contributed by atoms with Crippen molar-refractivity contribution in [2.75, 3.05) is 19.8 Å². The van der Waals surface area contributed by atoms with Crippen LogP contribution < -0.4 is 15.2 Å². The highest BCUT2D eigenvalue weighted by atomic mass is 16.7. The first-order valence-electron chi connectivity index (χ1n) is 13.4. The summed E-state index contributed by atoms with van der Waals surface area (Å²) in [5, 5.41) is 9.69. The summed E-state index contributed by atoms with van der Waals surface area (Å²) >= 11 is 0. The molecular weight excluding hydrogens is 510 g/mol. The van der Waals surface area contributed by atoms with Crippen LogP contribution in [-0.4, -0.2) is 55.2 Å². The zero-order valence-corrected chi connectivity index (χ0v) is 23.8. The number of ether oxygens (including phenoxy) is 5. The topological polar surface area (TPSA) is 161 Å². The molecule has 0 bridgehead atoms. The van der Waals surface area contributed by atoms with Crippen LogP contribution in [0.1, 0.15) is 85.1 Å². The smallest absolute Gasteiger partial charge is 0.480 e. The quantitative estimate of drug-likeness (QED) is 0.116. The predicted octanol–water partition coefficient (Wildman–Crippen LogP) is 5.43. The average Bonchev–Trinajstić information content (AvgIpc) is 2.88. The van der Waals surface area contributed by atoms with E-state index in [4.69, 9.17) is 29.4 Å². The van der Waals surface area contributed by atoms with Crippen molar-refractivity contribution in [1.29, 1.82) is 0 Å². The summed E-state index contributed by atoms with van der Waals surface area (Å²) in [4.78, 5) is 48.8. The molecule has 0 saturated heterocycles. The second kappa shape index (κ2) is 16.6. The number of unbranched alkanes of at least 4 members (excludes halogenated alkanes) is 2. The molecule has 3 N–H and O–H groups in total. The molecule has 0 heterocycles. The molecule has 0 fully saturated rings. The first kappa shape index (κ1) is 33.7. The third-order valence-corrected chi connectivity index (χ3v) is 6.37. The number of carbonyl (C=O) groups excluding carboxylic acids is 3. The molecule has 11 heteroatoms. The lowest BCUT2D eigenvalue weighted by Crippen LogP contribution is -2.41. The highest BCUT2D eigenvalue weighted by molar-refractivity contribution is 5.76. The van der Waals surface area contributed by atoms with Crippen molar-refractivity contribution >= 4 is 24.2 Å². The van der Waals surface area contributed by atoms with Gasteiger partial charge in [0.25, 0.3) is 0 Å². The molecule has 3 atom stereocenters. The number of hydrogen-bond donors (Lipinski definition) is 2. The Bertz CT molecular complexity index is 962. The summed E-state index contributed by atoms with van der Waals surface area (Å²) in [5.74, 6) is -3.39. The highest BCUT2D eigenvalue weighted by Crippen LogP contribution is 2.36. The SMILES string of the molecule is CCCCOC(=O)Oc1ccc(C(C(C)COC(=O)C(C)(C)CC)[C@H](N)C(=O)O)cc1OC(=O)OCCCC. The Morgan fingerprint density at radius 2 is 1.44 bits per heavy atom. The fourth-order valence-corrected chi connectivity index (χ4v) is 3.43. The number of esters is 1. The van der Waals surface area contributed by atoms with E-state index in [0.717, 1.165) is 12.8 Å². The molecule has 1 aromatic carbocycles. The second-order valence-electron chi connectivity index (χ2n) is 10.0. The predicted molar refractivity (Wildman–Crippen MR) is 143 cm³/mol. The molecule has 0 aromatic heterocycles. The first-order valence-corrected chi connectivity index (χ1v) is 13.4. The van der Waals surface area contributed by atoms with Crippen molar-refractivity contribution in [2.45, 2.75) is 85.6 Å². The Balaban J connectivity index is 3.32. The fraction of sp³-hybridized carbons (Fsp3) is 0.643. The van der Waals surface area contributed by atoms with Gasteiger partial charge in [-0.1, -0.05) is 46.6 Å². The zero-order valence-electron chi connectivity index (χ0n) is 23.8. The molecule has 11 nitrogen and oxygen atoms in total. The average molecular weight is 554 g/mol. The van der Waals surface area contributed by atoms with Crippen LogP contribution in [0.3, 0.4) is 0 Å². The standard InChI is InChI=1S/C28H43NO10/c1-7-10-14-35-26(33)38-20-13-12-19(16-21(20)39-27(34)36-15-11-8-2)22(23(29)24(30)31)18(4)17-37-25(32)28(5,6)9-3/h12-13,16,18,22-23H,7-11,14-15,17,29H2,1-6H3,(H,30,31)/t18?,22?,23-/m0/s1. The van der Waals surface area contributed by atoms with E-state index in [1.165, 1.54) is 18.2 Å². The van der Waals surface area contributed by atoms with Gasteiger partial charge in [-0.25, -0.2) is 9.59 Å².